The first-order valence-corrected chi connectivity index (χ1v) is 6.73. The fourth-order valence-electron chi connectivity index (χ4n) is 2.36. The normalized spacial score (nSPS) is 21.4. The highest BCUT2D eigenvalue weighted by Gasteiger charge is 2.43. The molecule has 1 N–H and O–H groups in total. The molecule has 1 aliphatic heterocycles. The number of thioether (sulfide) groups is 1. The van der Waals surface area contributed by atoms with Gasteiger partial charge in [-0.15, -0.1) is 10.2 Å². The fraction of sp³-hybridized carbons (Fsp3) is 0.545. The zero-order valence-corrected chi connectivity index (χ0v) is 11.5. The van der Waals surface area contributed by atoms with Crippen LogP contribution in [-0.4, -0.2) is 20.7 Å². The number of hydrogen-bond acceptors (Lipinski definition) is 5. The first-order valence-electron chi connectivity index (χ1n) is 5.91. The maximum Gasteiger partial charge on any atom is 0.453 e. The van der Waals surface area contributed by atoms with E-state index in [1.54, 1.807) is 0 Å². The van der Waals surface area contributed by atoms with Gasteiger partial charge in [-0.1, -0.05) is 13.8 Å². The number of nitrogens with zero attached hydrogens (tertiary/aromatic N) is 3. The van der Waals surface area contributed by atoms with Gasteiger partial charge in [0.2, 0.25) is 5.16 Å². The molecule has 1 aromatic rings. The molecule has 3 rings (SSSR count). The second-order valence-electron chi connectivity index (χ2n) is 5.60. The van der Waals surface area contributed by atoms with Crippen molar-refractivity contribution in [2.75, 3.05) is 5.43 Å². The monoisotopic (exact) mass is 304 g/mol. The Kier molecular flexibility index (Phi) is 2.69. The van der Waals surface area contributed by atoms with Crippen molar-refractivity contribution >= 4 is 17.5 Å². The Morgan fingerprint density at radius 2 is 2.00 bits per heavy atom. The van der Waals surface area contributed by atoms with Crippen LogP contribution in [0.1, 0.15) is 32.5 Å². The summed E-state index contributed by atoms with van der Waals surface area (Å²) in [6.45, 7) is 3.82. The number of aromatic nitrogens is 3. The number of Topliss-reactive ketones (excluding diaryl/α,β-unsaturated/α-hetero) is 1. The Morgan fingerprint density at radius 3 is 2.65 bits per heavy atom. The summed E-state index contributed by atoms with van der Waals surface area (Å²) in [5, 5.41) is 6.68. The van der Waals surface area contributed by atoms with Crippen LogP contribution in [0.3, 0.4) is 0 Å². The van der Waals surface area contributed by atoms with Crippen LogP contribution in [0, 0.1) is 5.41 Å². The highest BCUT2D eigenvalue weighted by atomic mass is 32.2. The molecule has 20 heavy (non-hydrogen) atoms. The van der Waals surface area contributed by atoms with E-state index in [9.17, 15) is 18.0 Å². The van der Waals surface area contributed by atoms with Gasteiger partial charge in [0.05, 0.1) is 10.6 Å². The lowest BCUT2D eigenvalue weighted by atomic mass is 9.79. The van der Waals surface area contributed by atoms with Crippen molar-refractivity contribution < 1.29 is 18.0 Å². The molecular formula is C11H11F3N4OS. The summed E-state index contributed by atoms with van der Waals surface area (Å²) in [6.07, 6.45) is -3.71. The molecule has 0 saturated carbocycles. The summed E-state index contributed by atoms with van der Waals surface area (Å²) in [5.74, 6) is -1.18. The van der Waals surface area contributed by atoms with Crippen molar-refractivity contribution in [1.29, 1.82) is 0 Å². The average Bonchev–Trinajstić information content (AvgIpc) is 2.67. The maximum absolute atomic E-state index is 12.8. The van der Waals surface area contributed by atoms with Crippen LogP contribution in [0.25, 0.3) is 0 Å². The van der Waals surface area contributed by atoms with E-state index >= 15 is 0 Å². The smallest absolute Gasteiger partial charge is 0.294 e. The third kappa shape index (κ3) is 2.09. The fourth-order valence-corrected chi connectivity index (χ4v) is 3.27. The van der Waals surface area contributed by atoms with E-state index in [-0.39, 0.29) is 16.4 Å². The van der Waals surface area contributed by atoms with E-state index in [0.717, 1.165) is 16.4 Å². The van der Waals surface area contributed by atoms with Crippen molar-refractivity contribution in [3.05, 3.63) is 16.4 Å². The highest BCUT2D eigenvalue weighted by molar-refractivity contribution is 8.04. The number of carbonyl (C=O) groups excluding carboxylic acids is 1. The summed E-state index contributed by atoms with van der Waals surface area (Å²) in [4.78, 5) is 12.5. The number of fused-ring (bicyclic) bond motifs is 1. The first-order chi connectivity index (χ1) is 9.17. The van der Waals surface area contributed by atoms with Crippen LogP contribution in [0.5, 0.6) is 0 Å². The third-order valence-electron chi connectivity index (χ3n) is 3.15. The number of allylic oxidation sites excluding steroid dienone is 2. The molecule has 1 aromatic heterocycles. The predicted octanol–water partition coefficient (Wildman–Crippen LogP) is 2.55. The molecule has 108 valence electrons. The van der Waals surface area contributed by atoms with Gasteiger partial charge < -0.3 is 0 Å². The van der Waals surface area contributed by atoms with Gasteiger partial charge in [-0.2, -0.15) is 13.2 Å². The average molecular weight is 304 g/mol. The summed E-state index contributed by atoms with van der Waals surface area (Å²) in [5.41, 5.74) is 2.89. The van der Waals surface area contributed by atoms with E-state index in [1.807, 2.05) is 13.8 Å². The van der Waals surface area contributed by atoms with Crippen LogP contribution < -0.4 is 5.43 Å². The minimum Gasteiger partial charge on any atom is -0.294 e. The molecule has 0 bridgehead atoms. The van der Waals surface area contributed by atoms with Crippen molar-refractivity contribution in [2.45, 2.75) is 38.0 Å². The largest absolute Gasteiger partial charge is 0.453 e. The van der Waals surface area contributed by atoms with Crippen LogP contribution >= 0.6 is 11.8 Å². The molecule has 0 radical (unpaired) electrons. The van der Waals surface area contributed by atoms with Gasteiger partial charge >= 0.3 is 6.18 Å². The number of hydrogen-bond donors (Lipinski definition) is 1. The van der Waals surface area contributed by atoms with E-state index in [0.29, 0.717) is 23.4 Å². The number of nitrogens with one attached hydrogen (secondary N) is 1. The zero-order chi connectivity index (χ0) is 14.7. The zero-order valence-electron chi connectivity index (χ0n) is 10.7. The highest BCUT2D eigenvalue weighted by Crippen LogP contribution is 2.44. The lowest BCUT2D eigenvalue weighted by molar-refractivity contribution is -0.147. The predicted molar refractivity (Wildman–Crippen MR) is 65.3 cm³/mol. The van der Waals surface area contributed by atoms with E-state index in [4.69, 9.17) is 0 Å². The lowest BCUT2D eigenvalue weighted by Gasteiger charge is -2.34. The minimum absolute atomic E-state index is 0.0316. The maximum atomic E-state index is 12.8. The quantitative estimate of drug-likeness (QED) is 0.798. The molecule has 2 aliphatic rings. The van der Waals surface area contributed by atoms with Gasteiger partial charge in [-0.25, -0.2) is 4.68 Å². The molecular weight excluding hydrogens is 293 g/mol. The van der Waals surface area contributed by atoms with Gasteiger partial charge in [0.1, 0.15) is 0 Å². The SMILES string of the molecule is CC1(C)CC(=O)C2=C(C1)Nn1c(nnc1C(F)(F)F)S2. The third-order valence-corrected chi connectivity index (χ3v) is 4.27. The Bertz CT molecular complexity index is 632. The van der Waals surface area contributed by atoms with Gasteiger partial charge in [0, 0.05) is 6.42 Å². The number of alkyl halides is 3. The van der Waals surface area contributed by atoms with Gasteiger partial charge in [0.15, 0.2) is 5.78 Å². The van der Waals surface area contributed by atoms with Crippen LogP contribution in [-0.2, 0) is 11.0 Å². The van der Waals surface area contributed by atoms with E-state index in [2.05, 4.69) is 15.6 Å². The second-order valence-corrected chi connectivity index (χ2v) is 6.58. The molecule has 0 atom stereocenters. The molecule has 2 heterocycles. The minimum atomic E-state index is -4.59. The lowest BCUT2D eigenvalue weighted by Crippen LogP contribution is -2.34. The summed E-state index contributed by atoms with van der Waals surface area (Å²) in [7, 11) is 0. The standard InChI is InChI=1S/C11H11F3N4OS/c1-10(2)3-5-7(6(19)4-10)20-9-16-15-8(11(12,13)14)18(9)17-5/h17H,3-4H2,1-2H3. The Hall–Kier alpha value is -1.51. The van der Waals surface area contributed by atoms with Crippen LogP contribution in [0.15, 0.2) is 15.8 Å². The van der Waals surface area contributed by atoms with Crippen molar-refractivity contribution in [1.82, 2.24) is 14.9 Å². The first kappa shape index (κ1) is 13.5. The second kappa shape index (κ2) is 4.00. The van der Waals surface area contributed by atoms with Crippen LogP contribution in [0.2, 0.25) is 0 Å². The number of halogens is 3. The Balaban J connectivity index is 2.02. The summed E-state index contributed by atoms with van der Waals surface area (Å²) >= 11 is 0.944. The van der Waals surface area contributed by atoms with Gasteiger partial charge in [0.25, 0.3) is 5.82 Å². The molecule has 9 heteroatoms. The molecule has 1 aliphatic carbocycles. The van der Waals surface area contributed by atoms with Crippen molar-refractivity contribution in [3.8, 4) is 0 Å². The molecule has 5 nitrogen and oxygen atoms in total. The molecule has 0 saturated heterocycles. The Labute approximate surface area is 116 Å². The summed E-state index contributed by atoms with van der Waals surface area (Å²) < 4.78 is 39.2. The summed E-state index contributed by atoms with van der Waals surface area (Å²) in [6, 6.07) is 0. The number of carbonyl (C=O) groups is 1. The van der Waals surface area contributed by atoms with E-state index < -0.39 is 12.0 Å². The molecule has 0 unspecified atom stereocenters. The molecule has 0 fully saturated rings. The van der Waals surface area contributed by atoms with Crippen molar-refractivity contribution in [2.24, 2.45) is 5.41 Å². The van der Waals surface area contributed by atoms with Crippen LogP contribution in [0.4, 0.5) is 13.2 Å². The topological polar surface area (TPSA) is 59.8 Å². The van der Waals surface area contributed by atoms with Crippen molar-refractivity contribution in [3.63, 3.8) is 0 Å². The van der Waals surface area contributed by atoms with Gasteiger partial charge in [-0.05, 0) is 23.6 Å². The number of ketones is 1. The molecule has 0 amide bonds. The Morgan fingerprint density at radius 1 is 1.30 bits per heavy atom. The molecule has 0 aromatic carbocycles. The number of rotatable bonds is 0. The molecule has 0 spiro atoms. The van der Waals surface area contributed by atoms with E-state index in [1.165, 1.54) is 0 Å². The van der Waals surface area contributed by atoms with Gasteiger partial charge in [-0.3, -0.25) is 10.2 Å².